The molecule has 1 heterocycles. The number of rotatable bonds is 5. The smallest absolute Gasteiger partial charge is 0.280 e. The molecule has 3 nitrogen and oxygen atoms in total. The van der Waals surface area contributed by atoms with Crippen LogP contribution in [0.5, 0.6) is 0 Å². The van der Waals surface area contributed by atoms with Crippen molar-refractivity contribution in [3.63, 3.8) is 0 Å². The maximum atomic E-state index is 13.2. The lowest BCUT2D eigenvalue weighted by atomic mass is 10.1. The molecule has 0 atom stereocenters. The molecule has 0 aliphatic carbocycles. The van der Waals surface area contributed by atoms with Crippen LogP contribution in [0.2, 0.25) is 0 Å². The Morgan fingerprint density at radius 3 is 2.33 bits per heavy atom. The van der Waals surface area contributed by atoms with Crippen LogP contribution in [0.15, 0.2) is 60.7 Å². The molecular formula is C19H17F2N3. The first-order chi connectivity index (χ1) is 11.6. The largest absolute Gasteiger partial charge is 0.350 e. The third-order valence-electron chi connectivity index (χ3n) is 3.61. The van der Waals surface area contributed by atoms with Crippen molar-refractivity contribution in [2.75, 3.05) is 5.32 Å². The maximum absolute atomic E-state index is 13.2. The SMILES string of the molecule is Cc1ccc(-c2cc(C(F)F)nc(NCc3ccccc3)n2)cc1. The van der Waals surface area contributed by atoms with Gasteiger partial charge in [-0.25, -0.2) is 18.7 Å². The monoisotopic (exact) mass is 325 g/mol. The summed E-state index contributed by atoms with van der Waals surface area (Å²) >= 11 is 0. The van der Waals surface area contributed by atoms with E-state index in [4.69, 9.17) is 0 Å². The summed E-state index contributed by atoms with van der Waals surface area (Å²) in [6, 6.07) is 18.6. The van der Waals surface area contributed by atoms with Gasteiger partial charge in [-0.15, -0.1) is 0 Å². The highest BCUT2D eigenvalue weighted by molar-refractivity contribution is 5.61. The van der Waals surface area contributed by atoms with Gasteiger partial charge in [-0.2, -0.15) is 0 Å². The molecule has 0 saturated carbocycles. The average molecular weight is 325 g/mol. The number of nitrogens with one attached hydrogen (secondary N) is 1. The Kier molecular flexibility index (Phi) is 4.79. The van der Waals surface area contributed by atoms with Crippen LogP contribution in [0.25, 0.3) is 11.3 Å². The summed E-state index contributed by atoms with van der Waals surface area (Å²) in [7, 11) is 0. The Bertz CT molecular complexity index is 803. The maximum Gasteiger partial charge on any atom is 0.280 e. The Hall–Kier alpha value is -2.82. The molecule has 122 valence electrons. The Labute approximate surface area is 139 Å². The molecule has 3 aromatic rings. The minimum atomic E-state index is -2.64. The summed E-state index contributed by atoms with van der Waals surface area (Å²) in [5.41, 5.74) is 3.12. The highest BCUT2D eigenvalue weighted by Gasteiger charge is 2.14. The molecule has 0 amide bonds. The van der Waals surface area contributed by atoms with E-state index in [1.807, 2.05) is 61.5 Å². The second-order valence-corrected chi connectivity index (χ2v) is 5.51. The number of aryl methyl sites for hydroxylation is 1. The molecule has 0 spiro atoms. The summed E-state index contributed by atoms with van der Waals surface area (Å²) in [4.78, 5) is 8.29. The zero-order valence-electron chi connectivity index (χ0n) is 13.2. The van der Waals surface area contributed by atoms with Crippen molar-refractivity contribution in [1.29, 1.82) is 0 Å². The molecule has 24 heavy (non-hydrogen) atoms. The normalized spacial score (nSPS) is 10.8. The van der Waals surface area contributed by atoms with Crippen molar-refractivity contribution in [1.82, 2.24) is 9.97 Å². The molecule has 0 saturated heterocycles. The van der Waals surface area contributed by atoms with Crippen molar-refractivity contribution in [2.24, 2.45) is 0 Å². The van der Waals surface area contributed by atoms with E-state index in [0.717, 1.165) is 16.7 Å². The molecule has 0 aliphatic heterocycles. The van der Waals surface area contributed by atoms with Crippen LogP contribution in [0.1, 0.15) is 23.2 Å². The van der Waals surface area contributed by atoms with Gasteiger partial charge >= 0.3 is 0 Å². The fraction of sp³-hybridized carbons (Fsp3) is 0.158. The second kappa shape index (κ2) is 7.17. The van der Waals surface area contributed by atoms with Crippen molar-refractivity contribution in [3.05, 3.63) is 77.5 Å². The zero-order valence-corrected chi connectivity index (χ0v) is 13.2. The third kappa shape index (κ3) is 3.93. The van der Waals surface area contributed by atoms with Crippen molar-refractivity contribution in [2.45, 2.75) is 19.9 Å². The van der Waals surface area contributed by atoms with E-state index in [-0.39, 0.29) is 11.6 Å². The van der Waals surface area contributed by atoms with Crippen LogP contribution in [0.4, 0.5) is 14.7 Å². The van der Waals surface area contributed by atoms with Crippen LogP contribution in [-0.4, -0.2) is 9.97 Å². The lowest BCUT2D eigenvalue weighted by molar-refractivity contribution is 0.146. The van der Waals surface area contributed by atoms with Crippen LogP contribution in [0, 0.1) is 6.92 Å². The number of benzene rings is 2. The van der Waals surface area contributed by atoms with Gasteiger partial charge in [0.15, 0.2) is 0 Å². The first-order valence-electron chi connectivity index (χ1n) is 7.64. The lowest BCUT2D eigenvalue weighted by Crippen LogP contribution is -2.06. The van der Waals surface area contributed by atoms with E-state index in [9.17, 15) is 8.78 Å². The van der Waals surface area contributed by atoms with Crippen molar-refractivity contribution < 1.29 is 8.78 Å². The van der Waals surface area contributed by atoms with Crippen LogP contribution >= 0.6 is 0 Å². The number of aromatic nitrogens is 2. The van der Waals surface area contributed by atoms with Gasteiger partial charge in [-0.05, 0) is 18.6 Å². The molecule has 0 fully saturated rings. The fourth-order valence-electron chi connectivity index (χ4n) is 2.31. The number of hydrogen-bond acceptors (Lipinski definition) is 3. The van der Waals surface area contributed by atoms with E-state index >= 15 is 0 Å². The third-order valence-corrected chi connectivity index (χ3v) is 3.61. The predicted octanol–water partition coefficient (Wildman–Crippen LogP) is 5.00. The molecule has 0 radical (unpaired) electrons. The average Bonchev–Trinajstić information content (AvgIpc) is 2.61. The van der Waals surface area contributed by atoms with Crippen molar-refractivity contribution >= 4 is 5.95 Å². The standard InChI is InChI=1S/C19H17F2N3/c1-13-7-9-15(10-8-13)16-11-17(18(20)21)24-19(23-16)22-12-14-5-3-2-4-6-14/h2-11,18H,12H2,1H3,(H,22,23,24). The van der Waals surface area contributed by atoms with Crippen LogP contribution < -0.4 is 5.32 Å². The summed E-state index contributed by atoms with van der Waals surface area (Å²) in [5, 5.41) is 3.02. The number of halogens is 2. The summed E-state index contributed by atoms with van der Waals surface area (Å²) in [6.45, 7) is 2.45. The highest BCUT2D eigenvalue weighted by Crippen LogP contribution is 2.25. The number of hydrogen-bond donors (Lipinski definition) is 1. The number of nitrogens with zero attached hydrogens (tertiary/aromatic N) is 2. The number of anilines is 1. The molecule has 0 bridgehead atoms. The zero-order chi connectivity index (χ0) is 16.9. The van der Waals surface area contributed by atoms with E-state index in [0.29, 0.717) is 12.2 Å². The van der Waals surface area contributed by atoms with Crippen LogP contribution in [0.3, 0.4) is 0 Å². The molecule has 5 heteroatoms. The Morgan fingerprint density at radius 2 is 1.67 bits per heavy atom. The molecular weight excluding hydrogens is 308 g/mol. The van der Waals surface area contributed by atoms with Gasteiger partial charge in [0, 0.05) is 12.1 Å². The minimum Gasteiger partial charge on any atom is -0.350 e. The van der Waals surface area contributed by atoms with E-state index in [2.05, 4.69) is 15.3 Å². The van der Waals surface area contributed by atoms with E-state index in [1.54, 1.807) is 0 Å². The molecule has 3 rings (SSSR count). The first-order valence-corrected chi connectivity index (χ1v) is 7.64. The number of alkyl halides is 2. The predicted molar refractivity (Wildman–Crippen MR) is 90.9 cm³/mol. The van der Waals surface area contributed by atoms with Gasteiger partial charge in [0.25, 0.3) is 6.43 Å². The van der Waals surface area contributed by atoms with Gasteiger partial charge in [0.2, 0.25) is 5.95 Å². The van der Waals surface area contributed by atoms with Gasteiger partial charge < -0.3 is 5.32 Å². The van der Waals surface area contributed by atoms with E-state index < -0.39 is 6.43 Å². The van der Waals surface area contributed by atoms with Gasteiger partial charge in [0.1, 0.15) is 5.69 Å². The Morgan fingerprint density at radius 1 is 0.958 bits per heavy atom. The molecule has 2 aromatic carbocycles. The quantitative estimate of drug-likeness (QED) is 0.717. The summed E-state index contributed by atoms with van der Waals surface area (Å²) < 4.78 is 26.3. The second-order valence-electron chi connectivity index (χ2n) is 5.51. The first kappa shape index (κ1) is 16.1. The van der Waals surface area contributed by atoms with E-state index in [1.165, 1.54) is 6.07 Å². The van der Waals surface area contributed by atoms with Gasteiger partial charge in [0.05, 0.1) is 5.69 Å². The summed E-state index contributed by atoms with van der Waals surface area (Å²) in [6.07, 6.45) is -2.64. The minimum absolute atomic E-state index is 0.201. The van der Waals surface area contributed by atoms with Crippen molar-refractivity contribution in [3.8, 4) is 11.3 Å². The van der Waals surface area contributed by atoms with Gasteiger partial charge in [-0.1, -0.05) is 60.2 Å². The fourth-order valence-corrected chi connectivity index (χ4v) is 2.31. The molecule has 1 aromatic heterocycles. The molecule has 0 unspecified atom stereocenters. The molecule has 1 N–H and O–H groups in total. The lowest BCUT2D eigenvalue weighted by Gasteiger charge is -2.10. The summed E-state index contributed by atoms with van der Waals surface area (Å²) in [5.74, 6) is 0.201. The Balaban J connectivity index is 1.89. The van der Waals surface area contributed by atoms with Crippen LogP contribution in [-0.2, 0) is 6.54 Å². The highest BCUT2D eigenvalue weighted by atomic mass is 19.3. The topological polar surface area (TPSA) is 37.8 Å². The molecule has 0 aliphatic rings. The van der Waals surface area contributed by atoms with Gasteiger partial charge in [-0.3, -0.25) is 0 Å².